The molecule has 2 heterocycles. The van der Waals surface area contributed by atoms with Gasteiger partial charge in [0.25, 0.3) is 5.91 Å². The van der Waals surface area contributed by atoms with Crippen LogP contribution in [0, 0.1) is 0 Å². The van der Waals surface area contributed by atoms with Crippen LogP contribution in [-0.4, -0.2) is 23.8 Å². The van der Waals surface area contributed by atoms with Gasteiger partial charge in [-0.25, -0.2) is 9.79 Å². The van der Waals surface area contributed by atoms with E-state index in [0.29, 0.717) is 0 Å². The number of carbonyl (C=O) groups excluding carboxylic acids is 2. The van der Waals surface area contributed by atoms with Gasteiger partial charge in [0.1, 0.15) is 11.6 Å². The summed E-state index contributed by atoms with van der Waals surface area (Å²) in [5, 5.41) is 0. The molecule has 0 saturated carbocycles. The molecule has 2 aromatic carbocycles. The Morgan fingerprint density at radius 2 is 1.67 bits per heavy atom. The van der Waals surface area contributed by atoms with Gasteiger partial charge in [0.05, 0.1) is 5.92 Å². The lowest BCUT2D eigenvalue weighted by molar-refractivity contribution is -0.118. The number of dihydropyridines is 1. The van der Waals surface area contributed by atoms with Gasteiger partial charge >= 0.3 is 6.09 Å². The van der Waals surface area contributed by atoms with E-state index >= 15 is 0 Å². The molecule has 0 bridgehead atoms. The first-order chi connectivity index (χ1) is 13.0. The summed E-state index contributed by atoms with van der Waals surface area (Å²) in [5.74, 6) is -0.565. The number of benzene rings is 2. The van der Waals surface area contributed by atoms with Crippen LogP contribution >= 0.6 is 0 Å². The minimum atomic E-state index is -0.659. The molecule has 2 amide bonds. The number of carbonyl (C=O) groups is 2. The Labute approximate surface area is 158 Å². The van der Waals surface area contributed by atoms with Gasteiger partial charge in [0.2, 0.25) is 0 Å². The zero-order valence-corrected chi connectivity index (χ0v) is 15.2. The highest BCUT2D eigenvalue weighted by atomic mass is 16.6. The molecule has 5 nitrogen and oxygen atoms in total. The van der Waals surface area contributed by atoms with Gasteiger partial charge in [-0.05, 0) is 43.2 Å². The summed E-state index contributed by atoms with van der Waals surface area (Å²) in [6, 6.07) is 17.1. The SMILES string of the molecule is CC1(C)OC(=O)N(c2ccc(C3C=CC=NC3=O)cc2)[C@H]1c1ccccc1. The van der Waals surface area contributed by atoms with Crippen LogP contribution in [0.2, 0.25) is 0 Å². The fraction of sp³-hybridized carbons (Fsp3) is 0.227. The monoisotopic (exact) mass is 360 g/mol. The molecule has 2 aliphatic heterocycles. The average Bonchev–Trinajstić information content (AvgIpc) is 2.91. The van der Waals surface area contributed by atoms with Crippen LogP contribution in [0.15, 0.2) is 71.7 Å². The van der Waals surface area contributed by atoms with Gasteiger partial charge in [-0.15, -0.1) is 0 Å². The van der Waals surface area contributed by atoms with Crippen molar-refractivity contribution in [2.45, 2.75) is 31.4 Å². The number of aliphatic imine (C=N–C) groups is 1. The number of nitrogens with zero attached hydrogens (tertiary/aromatic N) is 2. The Hall–Kier alpha value is -3.21. The highest BCUT2D eigenvalue weighted by Crippen LogP contribution is 2.43. The van der Waals surface area contributed by atoms with E-state index in [1.165, 1.54) is 6.21 Å². The van der Waals surface area contributed by atoms with Gasteiger partial charge in [-0.3, -0.25) is 9.69 Å². The van der Waals surface area contributed by atoms with Gasteiger partial charge in [0.15, 0.2) is 0 Å². The number of hydrogen-bond acceptors (Lipinski definition) is 3. The van der Waals surface area contributed by atoms with E-state index < -0.39 is 5.60 Å². The molecule has 136 valence electrons. The molecule has 27 heavy (non-hydrogen) atoms. The van der Waals surface area contributed by atoms with Gasteiger partial charge in [-0.1, -0.05) is 48.5 Å². The average molecular weight is 360 g/mol. The van der Waals surface area contributed by atoms with Crippen molar-refractivity contribution in [2.24, 2.45) is 4.99 Å². The number of amides is 2. The van der Waals surface area contributed by atoms with Crippen molar-refractivity contribution in [3.8, 4) is 0 Å². The molecule has 0 radical (unpaired) electrons. The van der Waals surface area contributed by atoms with E-state index in [9.17, 15) is 9.59 Å². The molecule has 0 spiro atoms. The lowest BCUT2D eigenvalue weighted by atomic mass is 9.91. The van der Waals surface area contributed by atoms with Crippen LogP contribution < -0.4 is 4.90 Å². The van der Waals surface area contributed by atoms with E-state index in [0.717, 1.165) is 16.8 Å². The molecule has 2 atom stereocenters. The largest absolute Gasteiger partial charge is 0.441 e. The molecule has 0 N–H and O–H groups in total. The summed E-state index contributed by atoms with van der Waals surface area (Å²) >= 11 is 0. The van der Waals surface area contributed by atoms with Crippen LogP contribution in [0.3, 0.4) is 0 Å². The van der Waals surface area contributed by atoms with E-state index in [1.54, 1.807) is 11.0 Å². The van der Waals surface area contributed by atoms with Crippen LogP contribution in [-0.2, 0) is 9.53 Å². The van der Waals surface area contributed by atoms with Gasteiger partial charge < -0.3 is 4.74 Å². The van der Waals surface area contributed by atoms with E-state index in [1.807, 2.05) is 74.5 Å². The number of hydrogen-bond donors (Lipinski definition) is 0. The zero-order valence-electron chi connectivity index (χ0n) is 15.2. The third-order valence-electron chi connectivity index (χ3n) is 4.97. The van der Waals surface area contributed by atoms with Crippen molar-refractivity contribution in [2.75, 3.05) is 4.90 Å². The fourth-order valence-corrected chi connectivity index (χ4v) is 3.72. The van der Waals surface area contributed by atoms with Crippen molar-refractivity contribution in [1.29, 1.82) is 0 Å². The number of anilines is 1. The molecule has 4 rings (SSSR count). The lowest BCUT2D eigenvalue weighted by Gasteiger charge is -2.29. The third-order valence-corrected chi connectivity index (χ3v) is 4.97. The lowest BCUT2D eigenvalue weighted by Crippen LogP contribution is -2.33. The maximum atomic E-state index is 12.6. The van der Waals surface area contributed by atoms with Crippen molar-refractivity contribution in [3.63, 3.8) is 0 Å². The van der Waals surface area contributed by atoms with Crippen molar-refractivity contribution in [1.82, 2.24) is 0 Å². The Morgan fingerprint density at radius 3 is 2.33 bits per heavy atom. The second-order valence-electron chi connectivity index (χ2n) is 7.23. The second kappa shape index (κ2) is 6.50. The first-order valence-corrected chi connectivity index (χ1v) is 8.89. The Morgan fingerprint density at radius 1 is 0.963 bits per heavy atom. The van der Waals surface area contributed by atoms with Crippen molar-refractivity contribution in [3.05, 3.63) is 77.9 Å². The maximum Gasteiger partial charge on any atom is 0.415 e. The standard InChI is InChI=1S/C22H20N2O3/c1-22(2)19(16-7-4-3-5-8-16)24(21(26)27-22)17-12-10-15(11-13-17)18-9-6-14-23-20(18)25/h3-14,18-19H,1-2H3/t18?,19-/m0/s1. The molecule has 2 aliphatic rings. The molecule has 1 unspecified atom stereocenters. The van der Waals surface area contributed by atoms with Crippen molar-refractivity contribution < 1.29 is 14.3 Å². The Balaban J connectivity index is 1.69. The van der Waals surface area contributed by atoms with Crippen molar-refractivity contribution >= 4 is 23.9 Å². The molecule has 2 aromatic rings. The molecule has 0 aliphatic carbocycles. The number of rotatable bonds is 3. The first kappa shape index (κ1) is 17.2. The smallest absolute Gasteiger partial charge is 0.415 e. The van der Waals surface area contributed by atoms with E-state index in [4.69, 9.17) is 4.74 Å². The predicted octanol–water partition coefficient (Wildman–Crippen LogP) is 4.41. The second-order valence-corrected chi connectivity index (χ2v) is 7.23. The molecule has 1 fully saturated rings. The molecular formula is C22H20N2O3. The fourth-order valence-electron chi connectivity index (χ4n) is 3.72. The number of cyclic esters (lactones) is 1. The summed E-state index contributed by atoms with van der Waals surface area (Å²) in [4.78, 5) is 30.1. The Bertz CT molecular complexity index is 930. The number of allylic oxidation sites excluding steroid dienone is 1. The third kappa shape index (κ3) is 3.05. The minimum Gasteiger partial charge on any atom is -0.441 e. The summed E-state index contributed by atoms with van der Waals surface area (Å²) in [7, 11) is 0. The Kier molecular flexibility index (Phi) is 4.15. The summed E-state index contributed by atoms with van der Waals surface area (Å²) < 4.78 is 5.65. The highest BCUT2D eigenvalue weighted by Gasteiger charge is 2.49. The minimum absolute atomic E-state index is 0.186. The predicted molar refractivity (Wildman–Crippen MR) is 104 cm³/mol. The number of ether oxygens (including phenoxy) is 1. The molecule has 1 saturated heterocycles. The quantitative estimate of drug-likeness (QED) is 0.814. The maximum absolute atomic E-state index is 12.6. The topological polar surface area (TPSA) is 59.0 Å². The normalized spacial score (nSPS) is 23.6. The summed E-state index contributed by atoms with van der Waals surface area (Å²) in [6.45, 7) is 3.83. The van der Waals surface area contributed by atoms with Crippen LogP contribution in [0.4, 0.5) is 10.5 Å². The van der Waals surface area contributed by atoms with E-state index in [-0.39, 0.29) is 24.0 Å². The summed E-state index contributed by atoms with van der Waals surface area (Å²) in [5.41, 5.74) is 1.93. The molecule has 0 aromatic heterocycles. The van der Waals surface area contributed by atoms with Gasteiger partial charge in [0, 0.05) is 11.9 Å². The van der Waals surface area contributed by atoms with Crippen LogP contribution in [0.5, 0.6) is 0 Å². The summed E-state index contributed by atoms with van der Waals surface area (Å²) in [6.07, 6.45) is 4.72. The van der Waals surface area contributed by atoms with Crippen LogP contribution in [0.25, 0.3) is 0 Å². The first-order valence-electron chi connectivity index (χ1n) is 8.89. The van der Waals surface area contributed by atoms with E-state index in [2.05, 4.69) is 4.99 Å². The highest BCUT2D eigenvalue weighted by molar-refractivity contribution is 5.97. The molecular weight excluding hydrogens is 340 g/mol. The van der Waals surface area contributed by atoms with Gasteiger partial charge in [-0.2, -0.15) is 0 Å². The molecule has 5 heteroatoms. The zero-order chi connectivity index (χ0) is 19.0. The van der Waals surface area contributed by atoms with Crippen LogP contribution in [0.1, 0.15) is 36.9 Å².